The zero-order chi connectivity index (χ0) is 69.7. The first-order valence-corrected chi connectivity index (χ1v) is 41.7. The van der Waals surface area contributed by atoms with Crippen molar-refractivity contribution in [3.8, 4) is 5.75 Å². The van der Waals surface area contributed by atoms with E-state index in [-0.39, 0.29) is 74.0 Å². The van der Waals surface area contributed by atoms with Gasteiger partial charge in [-0.15, -0.1) is 0 Å². The number of para-hydroxylation sites is 2. The molecule has 546 valence electrons. The molecular formula is C70H116N12O11S4. The van der Waals surface area contributed by atoms with Crippen LogP contribution in [-0.2, 0) is 45.2 Å². The van der Waals surface area contributed by atoms with Crippen LogP contribution in [0.3, 0.4) is 0 Å². The third-order valence-corrected chi connectivity index (χ3v) is 28.4. The summed E-state index contributed by atoms with van der Waals surface area (Å²) in [6.45, 7) is 19.1. The quantitative estimate of drug-likeness (QED) is 0.117. The fourth-order valence-electron chi connectivity index (χ4n) is 15.3. The number of hydrogen-bond acceptors (Lipinski definition) is 16. The lowest BCUT2D eigenvalue weighted by Crippen LogP contribution is -2.55. The molecule has 3 aromatic carbocycles. The number of carbonyl (C=O) groups excluding carboxylic acids is 1. The molecule has 0 bridgehead atoms. The highest BCUT2D eigenvalue weighted by Crippen LogP contribution is 2.34. The van der Waals surface area contributed by atoms with Crippen LogP contribution in [0.1, 0.15) is 118 Å². The molecule has 4 saturated heterocycles. The fraction of sp³-hybridized carbons (Fsp3) is 0.729. The Kier molecular flexibility index (Phi) is 27.3. The Morgan fingerprint density at radius 1 is 0.464 bits per heavy atom. The molecule has 0 radical (unpaired) electrons. The van der Waals surface area contributed by atoms with Crippen LogP contribution in [0.4, 0.5) is 21.9 Å². The van der Waals surface area contributed by atoms with Crippen molar-refractivity contribution in [1.82, 2.24) is 40.5 Å². The summed E-state index contributed by atoms with van der Waals surface area (Å²) in [4.78, 5) is 26.1. The van der Waals surface area contributed by atoms with Gasteiger partial charge in [0.25, 0.3) is 20.4 Å². The normalized spacial score (nSPS) is 24.5. The van der Waals surface area contributed by atoms with E-state index >= 15 is 0 Å². The van der Waals surface area contributed by atoms with Crippen molar-refractivity contribution in [1.29, 1.82) is 0 Å². The lowest BCUT2D eigenvalue weighted by Gasteiger charge is -2.39. The van der Waals surface area contributed by atoms with Gasteiger partial charge in [0, 0.05) is 157 Å². The van der Waals surface area contributed by atoms with Crippen LogP contribution in [0.25, 0.3) is 0 Å². The molecule has 4 heterocycles. The summed E-state index contributed by atoms with van der Waals surface area (Å²) in [5, 5.41) is 0. The van der Waals surface area contributed by atoms with Gasteiger partial charge in [0.1, 0.15) is 11.4 Å². The predicted octanol–water partition coefficient (Wildman–Crippen LogP) is 8.20. The summed E-state index contributed by atoms with van der Waals surface area (Å²) in [7, 11) is -8.22. The lowest BCUT2D eigenvalue weighted by atomic mass is 9.81. The van der Waals surface area contributed by atoms with Crippen molar-refractivity contribution >= 4 is 63.6 Å². The molecule has 9 rings (SSSR count). The van der Waals surface area contributed by atoms with E-state index in [0.717, 1.165) is 81.2 Å². The average Bonchev–Trinajstić information content (AvgIpc) is 0.822. The van der Waals surface area contributed by atoms with Gasteiger partial charge in [-0.25, -0.2) is 21.6 Å². The molecule has 6 aliphatic rings. The zero-order valence-electron chi connectivity index (χ0n) is 59.8. The first-order chi connectivity index (χ1) is 46.1. The van der Waals surface area contributed by atoms with Gasteiger partial charge in [-0.05, 0) is 201 Å². The van der Waals surface area contributed by atoms with Gasteiger partial charge in [-0.1, -0.05) is 45.2 Å². The molecule has 2 atom stereocenters. The zero-order valence-corrected chi connectivity index (χ0v) is 63.0. The first kappa shape index (κ1) is 76.8. The van der Waals surface area contributed by atoms with E-state index in [1.165, 1.54) is 36.4 Å². The van der Waals surface area contributed by atoms with E-state index in [1.807, 2.05) is 102 Å². The molecule has 0 N–H and O–H groups in total. The van der Waals surface area contributed by atoms with Gasteiger partial charge in [-0.3, -0.25) is 0 Å². The number of hydrogen-bond donors (Lipinski definition) is 0. The highest BCUT2D eigenvalue weighted by molar-refractivity contribution is 7.89. The summed E-state index contributed by atoms with van der Waals surface area (Å²) in [6.07, 6.45) is 12.3. The van der Waals surface area contributed by atoms with Crippen molar-refractivity contribution in [2.75, 3.05) is 193 Å². The van der Waals surface area contributed by atoms with Crippen LogP contribution in [0.15, 0.2) is 82.6 Å². The number of piperazine rings is 2. The summed E-state index contributed by atoms with van der Waals surface area (Å²) < 4.78 is 138. The van der Waals surface area contributed by atoms with Gasteiger partial charge in [0.15, 0.2) is 0 Å². The van der Waals surface area contributed by atoms with Crippen molar-refractivity contribution in [2.45, 2.75) is 133 Å². The number of carbonyl (C=O) groups is 1. The molecule has 3 aromatic rings. The number of sulfonamides is 2. The number of nitrogens with zero attached hydrogens (tertiary/aromatic N) is 12. The van der Waals surface area contributed by atoms with Crippen molar-refractivity contribution in [3.63, 3.8) is 0 Å². The smallest absolute Gasteiger partial charge is 0.410 e. The second-order valence-electron chi connectivity index (χ2n) is 29.8. The van der Waals surface area contributed by atoms with Gasteiger partial charge in [-0.2, -0.15) is 42.7 Å². The highest BCUT2D eigenvalue weighted by Gasteiger charge is 2.39. The number of benzene rings is 3. The average molecular weight is 1430 g/mol. The van der Waals surface area contributed by atoms with Crippen molar-refractivity contribution < 1.29 is 47.9 Å². The third-order valence-electron chi connectivity index (χ3n) is 20.6. The number of methoxy groups -OCH3 is 1. The molecule has 2 saturated carbocycles. The van der Waals surface area contributed by atoms with E-state index in [1.54, 1.807) is 57.8 Å². The van der Waals surface area contributed by atoms with Crippen LogP contribution in [0.2, 0.25) is 0 Å². The van der Waals surface area contributed by atoms with E-state index in [0.29, 0.717) is 109 Å². The van der Waals surface area contributed by atoms with E-state index in [4.69, 9.17) is 9.47 Å². The Balaban J connectivity index is 0.823. The summed E-state index contributed by atoms with van der Waals surface area (Å²) in [5.74, 6) is 1.56. The lowest BCUT2D eigenvalue weighted by molar-refractivity contribution is 0.0189. The van der Waals surface area contributed by atoms with Crippen molar-refractivity contribution in [3.05, 3.63) is 72.8 Å². The van der Waals surface area contributed by atoms with E-state index in [2.05, 4.69) is 26.6 Å². The van der Waals surface area contributed by atoms with Crippen LogP contribution in [0.5, 0.6) is 5.75 Å². The topological polar surface area (TPSA) is 211 Å². The molecule has 6 fully saturated rings. The Bertz CT molecular complexity index is 3430. The predicted molar refractivity (Wildman–Crippen MR) is 387 cm³/mol. The Labute approximate surface area is 583 Å². The Morgan fingerprint density at radius 2 is 0.876 bits per heavy atom. The van der Waals surface area contributed by atoms with Crippen molar-refractivity contribution in [2.24, 2.45) is 29.6 Å². The molecule has 97 heavy (non-hydrogen) atoms. The Morgan fingerprint density at radius 3 is 1.33 bits per heavy atom. The Hall–Kier alpha value is -4.39. The second kappa shape index (κ2) is 34.5. The summed E-state index contributed by atoms with van der Waals surface area (Å²) in [6, 6.07) is 22.0. The minimum Gasteiger partial charge on any atom is -0.495 e. The molecule has 27 heteroatoms. The first-order valence-electron chi connectivity index (χ1n) is 36.0. The van der Waals surface area contributed by atoms with Gasteiger partial charge in [0.2, 0.25) is 20.0 Å². The van der Waals surface area contributed by atoms with Crippen LogP contribution >= 0.6 is 0 Å². The summed E-state index contributed by atoms with van der Waals surface area (Å²) >= 11 is 0. The molecule has 2 aliphatic carbocycles. The molecule has 4 aliphatic heterocycles. The molecule has 1 amide bonds. The molecule has 0 unspecified atom stereocenters. The maximum absolute atomic E-state index is 14.9. The van der Waals surface area contributed by atoms with Crippen LogP contribution in [0, 0.1) is 29.6 Å². The number of rotatable bonds is 18. The number of amides is 1. The standard InChI is InChI=1S/C70H116N12O11S4/c1-58-51-79(94(84,85)65-31-27-63(28-32-65)71(6)7)40-16-36-74(38-18-42-81(53-58)96(88,89)77-47-43-75(44-48-77)67-21-13-14-22-68(67)92-9)57-62-25-23-61(24-26-62)55-72(8)64-29-33-66(34-30-64)95(86,87)80-39-15-35-73(56-60-19-11-10-12-20-60)37-17-41-82(54-59(2)52-80)97(90,91)78-49-45-76(46-50-78)69(83)93-70(3,4)5/h13-14,21-22,27-34,58-62H,10-12,15-20,23-26,35-57H2,1-9H3/t58-,59-,61?,62?/m0/s1. The van der Waals surface area contributed by atoms with E-state index in [9.17, 15) is 38.5 Å². The van der Waals surface area contributed by atoms with Crippen LogP contribution in [-0.4, -0.2) is 265 Å². The maximum atomic E-state index is 14.9. The number of anilines is 3. The summed E-state index contributed by atoms with van der Waals surface area (Å²) in [5.41, 5.74) is 2.09. The van der Waals surface area contributed by atoms with Gasteiger partial charge >= 0.3 is 6.09 Å². The monoisotopic (exact) mass is 1430 g/mol. The molecule has 23 nitrogen and oxygen atoms in total. The van der Waals surface area contributed by atoms with E-state index < -0.39 is 52.2 Å². The third kappa shape index (κ3) is 20.9. The highest BCUT2D eigenvalue weighted by atomic mass is 32.2. The SMILES string of the molecule is COc1ccccc1N1CCN(S(=O)(=O)N2CCCN(CC3CCC(CN(C)c4ccc(S(=O)(=O)N5CCCN(CC6CCCCC6)CCCN(S(=O)(=O)N6CCN(C(=O)OC(C)(C)C)CC6)C[C@@H](C)C5)cc4)CC3)CCCN(S(=O)(=O)c3ccc(N(C)C)cc3)C[C@H](C)C2)CC1. The largest absolute Gasteiger partial charge is 0.495 e. The minimum atomic E-state index is -3.98. The number of ether oxygens (including phenoxy) is 2. The maximum Gasteiger partial charge on any atom is 0.410 e. The molecule has 0 spiro atoms. The van der Waals surface area contributed by atoms with Crippen LogP contribution < -0.4 is 19.4 Å². The minimum absolute atomic E-state index is 0.146. The fourth-order valence-corrected chi connectivity index (χ4v) is 22.0. The molecule has 0 aromatic heterocycles. The molecular weight excluding hydrogens is 1310 g/mol. The van der Waals surface area contributed by atoms with Gasteiger partial charge in [0.05, 0.1) is 22.6 Å². The second-order valence-corrected chi connectivity index (χ2v) is 37.5. The van der Waals surface area contributed by atoms with Gasteiger partial charge < -0.3 is 38.9 Å².